The van der Waals surface area contributed by atoms with E-state index in [1.165, 1.54) is 19.1 Å². The number of hydrogen-bond donors (Lipinski definition) is 0. The molecule has 1 aromatic carbocycles. The Morgan fingerprint density at radius 2 is 1.94 bits per heavy atom. The lowest BCUT2D eigenvalue weighted by molar-refractivity contribution is -0.384. The van der Waals surface area contributed by atoms with Crippen LogP contribution < -0.4 is 0 Å². The number of aldehydes is 1. The highest BCUT2D eigenvalue weighted by molar-refractivity contribution is 5.84. The summed E-state index contributed by atoms with van der Waals surface area (Å²) in [7, 11) is 0. The van der Waals surface area contributed by atoms with Crippen molar-refractivity contribution in [2.75, 3.05) is 0 Å². The Kier molecular flexibility index (Phi) is 4.71. The van der Waals surface area contributed by atoms with Gasteiger partial charge in [0.1, 0.15) is 12.1 Å². The van der Waals surface area contributed by atoms with Gasteiger partial charge in [0.25, 0.3) is 5.69 Å². The summed E-state index contributed by atoms with van der Waals surface area (Å²) in [6.07, 6.45) is 1.08. The number of rotatable bonds is 6. The van der Waals surface area contributed by atoms with E-state index in [2.05, 4.69) is 0 Å². The molecule has 0 heterocycles. The zero-order valence-electron chi connectivity index (χ0n) is 10.3. The average molecular weight is 249 g/mol. The van der Waals surface area contributed by atoms with Gasteiger partial charge in [-0.25, -0.2) is 0 Å². The third-order valence-corrected chi connectivity index (χ3v) is 2.94. The molecule has 0 spiro atoms. The second kappa shape index (κ2) is 6.05. The summed E-state index contributed by atoms with van der Waals surface area (Å²) in [6.45, 7) is 3.29. The molecule has 0 aliphatic carbocycles. The maximum atomic E-state index is 11.6. The molecule has 0 saturated heterocycles. The molecular weight excluding hydrogens is 234 g/mol. The van der Waals surface area contributed by atoms with Crippen LogP contribution in [0.25, 0.3) is 0 Å². The van der Waals surface area contributed by atoms with E-state index in [9.17, 15) is 19.7 Å². The number of nitrogens with zero attached hydrogens (tertiary/aromatic N) is 1. The van der Waals surface area contributed by atoms with Gasteiger partial charge >= 0.3 is 0 Å². The van der Waals surface area contributed by atoms with E-state index in [4.69, 9.17) is 0 Å². The zero-order valence-corrected chi connectivity index (χ0v) is 10.3. The van der Waals surface area contributed by atoms with Crippen LogP contribution in [0.3, 0.4) is 0 Å². The molecule has 0 N–H and O–H groups in total. The molecule has 0 aromatic heterocycles. The Balaban J connectivity index is 3.03. The first kappa shape index (κ1) is 14.0. The molecule has 5 nitrogen and oxygen atoms in total. The SMILES string of the molecule is CC(=O)[C@H](c1ccc([N+](=O)[O-])cc1)[C@H](C)CC=O. The summed E-state index contributed by atoms with van der Waals surface area (Å²) < 4.78 is 0. The third-order valence-electron chi connectivity index (χ3n) is 2.94. The number of nitro benzene ring substituents is 1. The van der Waals surface area contributed by atoms with Gasteiger partial charge in [-0.15, -0.1) is 0 Å². The lowest BCUT2D eigenvalue weighted by Crippen LogP contribution is -2.18. The monoisotopic (exact) mass is 249 g/mol. The Bertz CT molecular complexity index is 453. The molecule has 0 saturated carbocycles. The summed E-state index contributed by atoms with van der Waals surface area (Å²) in [5.74, 6) is -0.546. The summed E-state index contributed by atoms with van der Waals surface area (Å²) in [6, 6.07) is 5.90. The molecule has 5 heteroatoms. The van der Waals surface area contributed by atoms with Crippen molar-refractivity contribution in [3.05, 3.63) is 39.9 Å². The molecule has 0 fully saturated rings. The van der Waals surface area contributed by atoms with Crippen LogP contribution in [0.15, 0.2) is 24.3 Å². The lowest BCUT2D eigenvalue weighted by Gasteiger charge is -2.19. The van der Waals surface area contributed by atoms with Gasteiger partial charge in [0.15, 0.2) is 0 Å². The van der Waals surface area contributed by atoms with Crippen molar-refractivity contribution in [2.45, 2.75) is 26.2 Å². The Hall–Kier alpha value is -2.04. The van der Waals surface area contributed by atoms with Gasteiger partial charge in [0.05, 0.1) is 4.92 Å². The first-order valence-corrected chi connectivity index (χ1v) is 5.65. The number of Topliss-reactive ketones (excluding diaryl/α,β-unsaturated/α-hetero) is 1. The highest BCUT2D eigenvalue weighted by atomic mass is 16.6. The first-order valence-electron chi connectivity index (χ1n) is 5.65. The van der Waals surface area contributed by atoms with Crippen LogP contribution in [0.5, 0.6) is 0 Å². The molecule has 1 rings (SSSR count). The first-order chi connectivity index (χ1) is 8.47. The van der Waals surface area contributed by atoms with Crippen LogP contribution in [0.4, 0.5) is 5.69 Å². The topological polar surface area (TPSA) is 77.3 Å². The number of hydrogen-bond acceptors (Lipinski definition) is 4. The molecule has 0 aliphatic rings. The van der Waals surface area contributed by atoms with Gasteiger partial charge in [-0.05, 0) is 18.4 Å². The largest absolute Gasteiger partial charge is 0.303 e. The fraction of sp³-hybridized carbons (Fsp3) is 0.385. The van der Waals surface area contributed by atoms with Gasteiger partial charge in [-0.1, -0.05) is 19.1 Å². The predicted molar refractivity (Wildman–Crippen MR) is 66.4 cm³/mol. The molecule has 2 atom stereocenters. The highest BCUT2D eigenvalue weighted by Gasteiger charge is 2.24. The summed E-state index contributed by atoms with van der Waals surface area (Å²) >= 11 is 0. The van der Waals surface area contributed by atoms with Crippen molar-refractivity contribution in [1.82, 2.24) is 0 Å². The Morgan fingerprint density at radius 3 is 2.33 bits per heavy atom. The number of carbonyl (C=O) groups is 2. The van der Waals surface area contributed by atoms with Crippen LogP contribution >= 0.6 is 0 Å². The minimum atomic E-state index is -0.485. The van der Waals surface area contributed by atoms with E-state index in [1.807, 2.05) is 6.92 Å². The molecule has 18 heavy (non-hydrogen) atoms. The minimum Gasteiger partial charge on any atom is -0.303 e. The van der Waals surface area contributed by atoms with Crippen molar-refractivity contribution in [3.8, 4) is 0 Å². The molecule has 0 bridgehead atoms. The number of non-ortho nitro benzene ring substituents is 1. The Morgan fingerprint density at radius 1 is 1.39 bits per heavy atom. The number of benzene rings is 1. The van der Waals surface area contributed by atoms with Crippen molar-refractivity contribution >= 4 is 17.8 Å². The van der Waals surface area contributed by atoms with E-state index in [0.29, 0.717) is 12.0 Å². The standard InChI is InChI=1S/C13H15NO4/c1-9(7-8-15)13(10(2)16)11-3-5-12(6-4-11)14(17)18/h3-6,8-9,13H,7H2,1-2H3/t9-,13-/m1/s1. The van der Waals surface area contributed by atoms with Gasteiger partial charge in [0, 0.05) is 24.5 Å². The lowest BCUT2D eigenvalue weighted by atomic mass is 9.83. The summed E-state index contributed by atoms with van der Waals surface area (Å²) in [5.41, 5.74) is 0.701. The normalized spacial score (nSPS) is 13.7. The third kappa shape index (κ3) is 3.23. The zero-order chi connectivity index (χ0) is 13.7. The second-order valence-corrected chi connectivity index (χ2v) is 4.32. The number of ketones is 1. The molecule has 0 unspecified atom stereocenters. The molecule has 1 aromatic rings. The van der Waals surface area contributed by atoms with Crippen LogP contribution in [-0.2, 0) is 9.59 Å². The van der Waals surface area contributed by atoms with Crippen molar-refractivity contribution in [1.29, 1.82) is 0 Å². The number of nitro groups is 1. The van der Waals surface area contributed by atoms with Crippen LogP contribution in [0.1, 0.15) is 31.7 Å². The highest BCUT2D eigenvalue weighted by Crippen LogP contribution is 2.28. The van der Waals surface area contributed by atoms with Gasteiger partial charge in [-0.3, -0.25) is 14.9 Å². The Labute approximate surface area is 105 Å². The minimum absolute atomic E-state index is 0.0101. The van der Waals surface area contributed by atoms with Gasteiger partial charge in [-0.2, -0.15) is 0 Å². The van der Waals surface area contributed by atoms with Crippen molar-refractivity contribution in [3.63, 3.8) is 0 Å². The molecule has 0 aliphatic heterocycles. The molecular formula is C13H15NO4. The second-order valence-electron chi connectivity index (χ2n) is 4.32. The van der Waals surface area contributed by atoms with E-state index < -0.39 is 10.8 Å². The summed E-state index contributed by atoms with van der Waals surface area (Å²) in [4.78, 5) is 32.2. The maximum absolute atomic E-state index is 11.6. The van der Waals surface area contributed by atoms with Crippen LogP contribution in [0.2, 0.25) is 0 Å². The number of carbonyl (C=O) groups excluding carboxylic acids is 2. The maximum Gasteiger partial charge on any atom is 0.269 e. The van der Waals surface area contributed by atoms with Crippen LogP contribution in [0, 0.1) is 16.0 Å². The molecule has 0 amide bonds. The fourth-order valence-corrected chi connectivity index (χ4v) is 2.06. The van der Waals surface area contributed by atoms with Crippen molar-refractivity contribution < 1.29 is 14.5 Å². The smallest absolute Gasteiger partial charge is 0.269 e. The van der Waals surface area contributed by atoms with E-state index in [0.717, 1.165) is 6.29 Å². The fourth-order valence-electron chi connectivity index (χ4n) is 2.06. The molecule has 96 valence electrons. The quantitative estimate of drug-likeness (QED) is 0.441. The molecule has 0 radical (unpaired) electrons. The van der Waals surface area contributed by atoms with E-state index in [-0.39, 0.29) is 17.4 Å². The van der Waals surface area contributed by atoms with Crippen LogP contribution in [-0.4, -0.2) is 17.0 Å². The predicted octanol–water partition coefficient (Wildman–Crippen LogP) is 2.49. The van der Waals surface area contributed by atoms with Gasteiger partial charge in [0.2, 0.25) is 0 Å². The average Bonchev–Trinajstić information content (AvgIpc) is 2.29. The van der Waals surface area contributed by atoms with Gasteiger partial charge < -0.3 is 4.79 Å². The summed E-state index contributed by atoms with van der Waals surface area (Å²) in [5, 5.41) is 10.5. The van der Waals surface area contributed by atoms with E-state index >= 15 is 0 Å². The van der Waals surface area contributed by atoms with E-state index in [1.54, 1.807) is 12.1 Å². The van der Waals surface area contributed by atoms with Crippen molar-refractivity contribution in [2.24, 2.45) is 5.92 Å².